The number of aryl methyl sites for hydroxylation is 2. The van der Waals surface area contributed by atoms with Gasteiger partial charge >= 0.3 is 6.03 Å². The van der Waals surface area contributed by atoms with Gasteiger partial charge in [0, 0.05) is 60.7 Å². The molecule has 0 atom stereocenters. The molecule has 0 bridgehead atoms. The number of amides is 2. The summed E-state index contributed by atoms with van der Waals surface area (Å²) in [4.78, 5) is 38.8. The monoisotopic (exact) mass is 465 g/mol. The molecule has 1 saturated heterocycles. The lowest BCUT2D eigenvalue weighted by atomic mass is 10.3. The second-order valence-corrected chi connectivity index (χ2v) is 7.93. The zero-order chi connectivity index (χ0) is 23.2. The molecular formula is C22H24ClN9O. The van der Waals surface area contributed by atoms with Crippen LogP contribution in [0.3, 0.4) is 0 Å². The Morgan fingerprint density at radius 3 is 2.36 bits per heavy atom. The molecule has 1 aromatic carbocycles. The summed E-state index contributed by atoms with van der Waals surface area (Å²) in [5.41, 5.74) is 2.18. The van der Waals surface area contributed by atoms with Gasteiger partial charge in [0.1, 0.15) is 0 Å². The fraction of sp³-hybridized carbons (Fsp3) is 0.273. The third-order valence-corrected chi connectivity index (χ3v) is 5.13. The van der Waals surface area contributed by atoms with E-state index in [0.717, 1.165) is 11.4 Å². The van der Waals surface area contributed by atoms with Gasteiger partial charge in [-0.25, -0.2) is 24.7 Å². The molecule has 0 unspecified atom stereocenters. The zero-order valence-electron chi connectivity index (χ0n) is 18.4. The maximum absolute atomic E-state index is 12.7. The number of hydrogen-bond donors (Lipinski definition) is 2. The fourth-order valence-electron chi connectivity index (χ4n) is 3.43. The summed E-state index contributed by atoms with van der Waals surface area (Å²) in [7, 11) is 0. The lowest BCUT2D eigenvalue weighted by Gasteiger charge is -2.36. The first-order chi connectivity index (χ1) is 16.0. The van der Waals surface area contributed by atoms with Crippen molar-refractivity contribution in [2.75, 3.05) is 36.4 Å². The smallest absolute Gasteiger partial charge is 0.326 e. The number of benzene rings is 1. The molecule has 1 fully saturated rings. The van der Waals surface area contributed by atoms with E-state index in [0.29, 0.717) is 54.7 Å². The Hall–Kier alpha value is -3.79. The van der Waals surface area contributed by atoms with Crippen LogP contribution >= 0.6 is 11.6 Å². The third-order valence-electron chi connectivity index (χ3n) is 4.90. The Morgan fingerprint density at radius 1 is 1.00 bits per heavy atom. The van der Waals surface area contributed by atoms with Crippen molar-refractivity contribution in [1.29, 1.82) is 0 Å². The van der Waals surface area contributed by atoms with Gasteiger partial charge < -0.3 is 15.1 Å². The Morgan fingerprint density at radius 2 is 1.70 bits per heavy atom. The molecule has 0 radical (unpaired) electrons. The van der Waals surface area contributed by atoms with Gasteiger partial charge in [-0.1, -0.05) is 17.7 Å². The highest BCUT2D eigenvalue weighted by Crippen LogP contribution is 2.15. The van der Waals surface area contributed by atoms with Crippen molar-refractivity contribution in [3.8, 4) is 0 Å². The van der Waals surface area contributed by atoms with Gasteiger partial charge in [-0.2, -0.15) is 4.99 Å². The normalized spacial score (nSPS) is 14.2. The summed E-state index contributed by atoms with van der Waals surface area (Å²) < 4.78 is 0. The van der Waals surface area contributed by atoms with Gasteiger partial charge in [0.15, 0.2) is 0 Å². The van der Waals surface area contributed by atoms with Gasteiger partial charge in [-0.3, -0.25) is 5.32 Å². The predicted octanol–water partition coefficient (Wildman–Crippen LogP) is 3.17. The molecule has 33 heavy (non-hydrogen) atoms. The molecule has 0 aliphatic carbocycles. The van der Waals surface area contributed by atoms with Crippen LogP contribution in [0, 0.1) is 13.8 Å². The van der Waals surface area contributed by atoms with E-state index in [2.05, 4.69) is 40.5 Å². The molecule has 170 valence electrons. The van der Waals surface area contributed by atoms with Crippen molar-refractivity contribution >= 4 is 41.2 Å². The first-order valence-electron chi connectivity index (χ1n) is 10.5. The number of anilines is 2. The molecule has 2 N–H and O–H groups in total. The SMILES string of the molecule is Cc1cc(C)nc(/N=C(\NC(=O)Nc2cccc(Cl)c2)N2CCN(c3ncccn3)CC2)n1. The number of piperazine rings is 1. The minimum Gasteiger partial charge on any atom is -0.339 e. The Kier molecular flexibility index (Phi) is 6.94. The van der Waals surface area contributed by atoms with E-state index >= 15 is 0 Å². The highest BCUT2D eigenvalue weighted by Gasteiger charge is 2.23. The quantitative estimate of drug-likeness (QED) is 0.451. The van der Waals surface area contributed by atoms with E-state index in [1.54, 1.807) is 42.7 Å². The number of nitrogens with one attached hydrogen (secondary N) is 2. The molecule has 0 spiro atoms. The van der Waals surface area contributed by atoms with Crippen LogP contribution in [0.1, 0.15) is 11.4 Å². The summed E-state index contributed by atoms with van der Waals surface area (Å²) in [5.74, 6) is 1.34. The summed E-state index contributed by atoms with van der Waals surface area (Å²) in [5, 5.41) is 6.16. The molecule has 10 nitrogen and oxygen atoms in total. The molecule has 2 aromatic heterocycles. The Bertz CT molecular complexity index is 1130. The first kappa shape index (κ1) is 22.4. The number of nitrogens with zero attached hydrogens (tertiary/aromatic N) is 7. The Balaban J connectivity index is 1.52. The lowest BCUT2D eigenvalue weighted by molar-refractivity contribution is 0.254. The van der Waals surface area contributed by atoms with E-state index in [9.17, 15) is 4.79 Å². The van der Waals surface area contributed by atoms with Gasteiger partial charge in [-0.05, 0) is 44.2 Å². The second-order valence-electron chi connectivity index (χ2n) is 7.50. The first-order valence-corrected chi connectivity index (χ1v) is 10.9. The van der Waals surface area contributed by atoms with Crippen molar-refractivity contribution in [1.82, 2.24) is 30.2 Å². The molecule has 0 saturated carbocycles. The number of carbonyl (C=O) groups is 1. The second kappa shape index (κ2) is 10.2. The maximum atomic E-state index is 12.7. The number of hydrogen-bond acceptors (Lipinski definition) is 7. The van der Waals surface area contributed by atoms with Gasteiger partial charge in [0.05, 0.1) is 0 Å². The molecule has 1 aliphatic heterocycles. The largest absolute Gasteiger partial charge is 0.339 e. The number of aliphatic imine (C=N–C) groups is 1. The van der Waals surface area contributed by atoms with Crippen LogP contribution in [-0.2, 0) is 0 Å². The van der Waals surface area contributed by atoms with Crippen molar-refractivity contribution in [2.45, 2.75) is 13.8 Å². The van der Waals surface area contributed by atoms with Gasteiger partial charge in [-0.15, -0.1) is 0 Å². The number of halogens is 1. The summed E-state index contributed by atoms with van der Waals surface area (Å²) in [6, 6.07) is 10.2. The van der Waals surface area contributed by atoms with Crippen LogP contribution in [0.5, 0.6) is 0 Å². The Labute approximate surface area is 196 Å². The highest BCUT2D eigenvalue weighted by atomic mass is 35.5. The highest BCUT2D eigenvalue weighted by molar-refractivity contribution is 6.30. The summed E-state index contributed by atoms with van der Waals surface area (Å²) >= 11 is 6.02. The van der Waals surface area contributed by atoms with Crippen molar-refractivity contribution in [3.63, 3.8) is 0 Å². The van der Waals surface area contributed by atoms with Crippen LogP contribution in [0.4, 0.5) is 22.4 Å². The van der Waals surface area contributed by atoms with Crippen LogP contribution in [0.25, 0.3) is 0 Å². The zero-order valence-corrected chi connectivity index (χ0v) is 19.1. The van der Waals surface area contributed by atoms with Crippen LogP contribution < -0.4 is 15.5 Å². The average Bonchev–Trinajstić information content (AvgIpc) is 2.79. The maximum Gasteiger partial charge on any atom is 0.326 e. The van der Waals surface area contributed by atoms with E-state index in [1.165, 1.54) is 0 Å². The topological polar surface area (TPSA) is 112 Å². The predicted molar refractivity (Wildman–Crippen MR) is 128 cm³/mol. The van der Waals surface area contributed by atoms with Crippen LogP contribution in [-0.4, -0.2) is 63.0 Å². The van der Waals surface area contributed by atoms with Gasteiger partial charge in [0.25, 0.3) is 5.95 Å². The van der Waals surface area contributed by atoms with Crippen molar-refractivity contribution in [3.05, 3.63) is 65.2 Å². The van der Waals surface area contributed by atoms with E-state index in [4.69, 9.17) is 11.6 Å². The molecule has 11 heteroatoms. The van der Waals surface area contributed by atoms with E-state index in [-0.39, 0.29) is 0 Å². The standard InChI is InChI=1S/C22H24ClN9O/c1-15-13-16(2)27-19(26-15)29-21(30-22(33)28-18-6-3-5-17(23)14-18)32-11-9-31(10-12-32)20-24-7-4-8-25-20/h3-8,13-14H,9-12H2,1-2H3,(H2,26,27,28,29,30,33). The lowest BCUT2D eigenvalue weighted by Crippen LogP contribution is -2.54. The van der Waals surface area contributed by atoms with Crippen LogP contribution in [0.2, 0.25) is 5.02 Å². The summed E-state index contributed by atoms with van der Waals surface area (Å²) in [6.45, 7) is 6.33. The molecular weight excluding hydrogens is 442 g/mol. The summed E-state index contributed by atoms with van der Waals surface area (Å²) in [6.07, 6.45) is 3.45. The molecule has 2 amide bonds. The minimum atomic E-state index is -0.436. The molecule has 4 rings (SSSR count). The molecule has 3 aromatic rings. The molecule has 3 heterocycles. The third kappa shape index (κ3) is 6.13. The minimum absolute atomic E-state index is 0.291. The number of rotatable bonds is 3. The molecule has 1 aliphatic rings. The number of urea groups is 1. The fourth-order valence-corrected chi connectivity index (χ4v) is 3.62. The number of carbonyl (C=O) groups excluding carboxylic acids is 1. The van der Waals surface area contributed by atoms with E-state index in [1.807, 2.05) is 24.8 Å². The average molecular weight is 466 g/mol. The van der Waals surface area contributed by atoms with Gasteiger partial charge in [0.2, 0.25) is 11.9 Å². The van der Waals surface area contributed by atoms with Crippen molar-refractivity contribution in [2.24, 2.45) is 4.99 Å². The number of aromatic nitrogens is 4. The number of guanidine groups is 1. The van der Waals surface area contributed by atoms with Crippen LogP contribution in [0.15, 0.2) is 53.8 Å². The van der Waals surface area contributed by atoms with Crippen molar-refractivity contribution < 1.29 is 4.79 Å². The van der Waals surface area contributed by atoms with E-state index < -0.39 is 6.03 Å².